The summed E-state index contributed by atoms with van der Waals surface area (Å²) < 4.78 is 39.5. The van der Waals surface area contributed by atoms with E-state index in [2.05, 4.69) is 9.55 Å². The highest BCUT2D eigenvalue weighted by Crippen LogP contribution is 2.35. The zero-order valence-electron chi connectivity index (χ0n) is 17.2. The first-order chi connectivity index (χ1) is 14.6. The van der Waals surface area contributed by atoms with Crippen LogP contribution in [0.1, 0.15) is 44.7 Å². The van der Waals surface area contributed by atoms with Crippen molar-refractivity contribution < 1.29 is 32.6 Å². The molecule has 0 bridgehead atoms. The molecule has 1 unspecified atom stereocenters. The number of alkyl halides is 3. The maximum Gasteiger partial charge on any atom is 0.490 e. The quantitative estimate of drug-likeness (QED) is 0.737. The first-order valence-corrected chi connectivity index (χ1v) is 10.6. The fraction of sp³-hybridized carbons (Fsp3) is 0.550. The van der Waals surface area contributed by atoms with Gasteiger partial charge < -0.3 is 19.3 Å². The number of aryl methyl sites for hydroxylation is 1. The van der Waals surface area contributed by atoms with Gasteiger partial charge >= 0.3 is 12.1 Å². The van der Waals surface area contributed by atoms with Gasteiger partial charge in [0.1, 0.15) is 0 Å². The average Bonchev–Trinajstić information content (AvgIpc) is 3.26. The molecule has 0 saturated heterocycles. The smallest absolute Gasteiger partial charge is 0.475 e. The van der Waals surface area contributed by atoms with E-state index >= 15 is 0 Å². The standard InChI is InChI=1S/C18H23N3O2S.C2HF3O2/c1-12-3-6-16(24-12)18(22)20-8-14(10-23-2)17-15(9-20)19-11-21(17)7-13-4-5-13;3-2(4,5)1(6)7/h3,6,11,13-14H,4-5,7-10H2,1-2H3;(H,6,7). The molecule has 1 amide bonds. The summed E-state index contributed by atoms with van der Waals surface area (Å²) in [6, 6.07) is 3.93. The Morgan fingerprint density at radius 3 is 2.52 bits per heavy atom. The number of amides is 1. The van der Waals surface area contributed by atoms with Gasteiger partial charge in [0.2, 0.25) is 0 Å². The van der Waals surface area contributed by atoms with Crippen molar-refractivity contribution in [1.29, 1.82) is 0 Å². The second-order valence-electron chi connectivity index (χ2n) is 7.72. The van der Waals surface area contributed by atoms with E-state index in [1.807, 2.05) is 30.3 Å². The molecule has 2 aromatic rings. The molecule has 1 aliphatic carbocycles. The number of aliphatic carboxylic acids is 1. The lowest BCUT2D eigenvalue weighted by molar-refractivity contribution is -0.192. The largest absolute Gasteiger partial charge is 0.490 e. The molecular formula is C20H24F3N3O4S. The number of fused-ring (bicyclic) bond motifs is 1. The molecule has 11 heteroatoms. The van der Waals surface area contributed by atoms with Crippen molar-refractivity contribution in [2.24, 2.45) is 5.92 Å². The lowest BCUT2D eigenvalue weighted by Crippen LogP contribution is -2.40. The van der Waals surface area contributed by atoms with Crippen molar-refractivity contribution in [2.75, 3.05) is 20.3 Å². The summed E-state index contributed by atoms with van der Waals surface area (Å²) in [4.78, 5) is 30.2. The summed E-state index contributed by atoms with van der Waals surface area (Å²) in [5.41, 5.74) is 2.31. The van der Waals surface area contributed by atoms with Gasteiger partial charge in [-0.2, -0.15) is 13.2 Å². The molecule has 1 fully saturated rings. The second kappa shape index (κ2) is 9.39. The molecule has 0 spiro atoms. The molecule has 1 N–H and O–H groups in total. The SMILES string of the molecule is COCC1CN(C(=O)c2ccc(C)s2)Cc2ncn(CC3CC3)c21.O=C(O)C(F)(F)F. The Hall–Kier alpha value is -2.40. The summed E-state index contributed by atoms with van der Waals surface area (Å²) in [6.07, 6.45) is -0.483. The van der Waals surface area contributed by atoms with E-state index in [4.69, 9.17) is 14.6 Å². The summed E-state index contributed by atoms with van der Waals surface area (Å²) in [6.45, 7) is 5.01. The molecule has 7 nitrogen and oxygen atoms in total. The van der Waals surface area contributed by atoms with E-state index in [0.717, 1.165) is 23.0 Å². The molecule has 1 aliphatic heterocycles. The summed E-state index contributed by atoms with van der Waals surface area (Å²) in [5.74, 6) is -1.64. The fourth-order valence-corrected chi connectivity index (χ4v) is 4.38. The zero-order valence-corrected chi connectivity index (χ0v) is 18.0. The average molecular weight is 459 g/mol. The number of carboxylic acid groups (broad SMARTS) is 1. The maximum atomic E-state index is 12.8. The number of hydrogen-bond donors (Lipinski definition) is 1. The molecule has 0 radical (unpaired) electrons. The molecule has 31 heavy (non-hydrogen) atoms. The number of carboxylic acids is 1. The second-order valence-corrected chi connectivity index (χ2v) is 9.01. The van der Waals surface area contributed by atoms with E-state index in [1.165, 1.54) is 23.4 Å². The van der Waals surface area contributed by atoms with E-state index in [-0.39, 0.29) is 11.8 Å². The van der Waals surface area contributed by atoms with Crippen molar-refractivity contribution in [1.82, 2.24) is 14.5 Å². The molecule has 2 aliphatic rings. The molecule has 2 aromatic heterocycles. The topological polar surface area (TPSA) is 84.7 Å². The predicted octanol–water partition coefficient (Wildman–Crippen LogP) is 3.68. The van der Waals surface area contributed by atoms with Gasteiger partial charge in [-0.3, -0.25) is 4.79 Å². The number of carbonyl (C=O) groups is 2. The van der Waals surface area contributed by atoms with Crippen LogP contribution in [0, 0.1) is 12.8 Å². The van der Waals surface area contributed by atoms with Gasteiger partial charge in [0.15, 0.2) is 0 Å². The number of halogens is 3. The lowest BCUT2D eigenvalue weighted by atomic mass is 9.98. The number of aromatic nitrogens is 2. The molecule has 3 heterocycles. The minimum absolute atomic E-state index is 0.108. The highest BCUT2D eigenvalue weighted by atomic mass is 32.1. The van der Waals surface area contributed by atoms with Gasteiger partial charge in [0.25, 0.3) is 5.91 Å². The van der Waals surface area contributed by atoms with Gasteiger partial charge in [0, 0.05) is 36.7 Å². The third kappa shape index (κ3) is 5.85. The van der Waals surface area contributed by atoms with Crippen LogP contribution in [-0.4, -0.2) is 57.9 Å². The van der Waals surface area contributed by atoms with Gasteiger partial charge in [0.05, 0.1) is 30.1 Å². The normalized spacial score (nSPS) is 18.2. The Labute approximate surface area is 181 Å². The van der Waals surface area contributed by atoms with E-state index in [9.17, 15) is 18.0 Å². The van der Waals surface area contributed by atoms with Crippen LogP contribution in [-0.2, 0) is 22.6 Å². The molecule has 0 aromatic carbocycles. The minimum Gasteiger partial charge on any atom is -0.475 e. The van der Waals surface area contributed by atoms with E-state index < -0.39 is 12.1 Å². The number of methoxy groups -OCH3 is 1. The van der Waals surface area contributed by atoms with E-state index in [0.29, 0.717) is 19.7 Å². The van der Waals surface area contributed by atoms with Gasteiger partial charge in [-0.15, -0.1) is 11.3 Å². The lowest BCUT2D eigenvalue weighted by Gasteiger charge is -2.32. The highest BCUT2D eigenvalue weighted by molar-refractivity contribution is 7.13. The Kier molecular flexibility index (Phi) is 7.05. The molecule has 1 saturated carbocycles. The van der Waals surface area contributed by atoms with Crippen LogP contribution < -0.4 is 0 Å². The first kappa shape index (κ1) is 23.3. The Morgan fingerprint density at radius 1 is 1.32 bits per heavy atom. The van der Waals surface area contributed by atoms with Gasteiger partial charge in [-0.05, 0) is 37.8 Å². The predicted molar refractivity (Wildman–Crippen MR) is 107 cm³/mol. The maximum absolute atomic E-state index is 12.8. The Morgan fingerprint density at radius 2 is 2.00 bits per heavy atom. The third-order valence-corrected chi connectivity index (χ3v) is 6.12. The fourth-order valence-electron chi connectivity index (χ4n) is 3.54. The zero-order chi connectivity index (χ0) is 22.8. The number of ether oxygens (including phenoxy) is 1. The monoisotopic (exact) mass is 459 g/mol. The van der Waals surface area contributed by atoms with Crippen molar-refractivity contribution in [3.05, 3.63) is 39.6 Å². The number of nitrogens with zero attached hydrogens (tertiary/aromatic N) is 3. The van der Waals surface area contributed by atoms with Crippen LogP contribution >= 0.6 is 11.3 Å². The van der Waals surface area contributed by atoms with Crippen LogP contribution in [0.15, 0.2) is 18.5 Å². The van der Waals surface area contributed by atoms with Crippen molar-refractivity contribution in [3.8, 4) is 0 Å². The minimum atomic E-state index is -5.08. The first-order valence-electron chi connectivity index (χ1n) is 9.78. The van der Waals surface area contributed by atoms with Crippen molar-refractivity contribution in [3.63, 3.8) is 0 Å². The van der Waals surface area contributed by atoms with Crippen molar-refractivity contribution >= 4 is 23.2 Å². The number of carbonyl (C=O) groups excluding carboxylic acids is 1. The van der Waals surface area contributed by atoms with Crippen LogP contribution in [0.5, 0.6) is 0 Å². The van der Waals surface area contributed by atoms with Crippen LogP contribution in [0.3, 0.4) is 0 Å². The number of rotatable bonds is 5. The highest BCUT2D eigenvalue weighted by Gasteiger charge is 2.38. The van der Waals surface area contributed by atoms with Crippen LogP contribution in [0.25, 0.3) is 0 Å². The summed E-state index contributed by atoms with van der Waals surface area (Å²) >= 11 is 1.56. The number of thiophene rings is 1. The Bertz CT molecular complexity index is 936. The molecule has 170 valence electrons. The molecule has 4 rings (SSSR count). The van der Waals surface area contributed by atoms with Gasteiger partial charge in [-0.25, -0.2) is 9.78 Å². The van der Waals surface area contributed by atoms with E-state index in [1.54, 1.807) is 18.4 Å². The van der Waals surface area contributed by atoms with Crippen LogP contribution in [0.4, 0.5) is 13.2 Å². The van der Waals surface area contributed by atoms with Gasteiger partial charge in [-0.1, -0.05) is 0 Å². The molecule has 1 atom stereocenters. The van der Waals surface area contributed by atoms with Crippen LogP contribution in [0.2, 0.25) is 0 Å². The molecular weight excluding hydrogens is 435 g/mol. The van der Waals surface area contributed by atoms with Crippen molar-refractivity contribution in [2.45, 2.75) is 44.9 Å². The number of imidazole rings is 1. The Balaban J connectivity index is 0.000000339. The summed E-state index contributed by atoms with van der Waals surface area (Å²) in [5, 5.41) is 7.12. The number of hydrogen-bond acceptors (Lipinski definition) is 5. The third-order valence-electron chi connectivity index (χ3n) is 5.13. The summed E-state index contributed by atoms with van der Waals surface area (Å²) in [7, 11) is 1.73.